The van der Waals surface area contributed by atoms with E-state index in [2.05, 4.69) is 22.4 Å². The number of ketones is 1. The number of carbonyl (C=O) groups is 2. The molecule has 0 spiro atoms. The van der Waals surface area contributed by atoms with Gasteiger partial charge in [0, 0.05) is 17.8 Å². The number of nitrogens with zero attached hydrogens (tertiary/aromatic N) is 2. The van der Waals surface area contributed by atoms with Crippen LogP contribution in [-0.2, 0) is 17.8 Å². The molecule has 8 heteroatoms. The fourth-order valence-corrected chi connectivity index (χ4v) is 3.41. The SMILES string of the molecule is CCCCn1c(SCC(=O)c2ccc3c(c2)CC(=O)N3)n[nH]c1=O. The van der Waals surface area contributed by atoms with E-state index in [1.165, 1.54) is 11.8 Å². The molecule has 0 atom stereocenters. The molecule has 1 aromatic heterocycles. The topological polar surface area (TPSA) is 96.8 Å². The summed E-state index contributed by atoms with van der Waals surface area (Å²) < 4.78 is 1.56. The number of thioether (sulfide) groups is 1. The normalized spacial score (nSPS) is 13.0. The standard InChI is InChI=1S/C16H18N4O3S/c1-2-3-6-20-15(23)18-19-16(20)24-9-13(21)10-4-5-12-11(7-10)8-14(22)17-12/h4-5,7H,2-3,6,8-9H2,1H3,(H,17,22)(H,18,23). The van der Waals surface area contributed by atoms with Crippen molar-refractivity contribution in [1.29, 1.82) is 0 Å². The Morgan fingerprint density at radius 1 is 1.38 bits per heavy atom. The molecule has 1 amide bonds. The number of H-pyrrole nitrogens is 1. The van der Waals surface area contributed by atoms with Gasteiger partial charge in [-0.2, -0.15) is 0 Å². The largest absolute Gasteiger partial charge is 0.343 e. The number of Topliss-reactive ketones (excluding diaryl/α,β-unsaturated/α-hetero) is 1. The number of hydrogen-bond donors (Lipinski definition) is 2. The Kier molecular flexibility index (Phi) is 4.84. The van der Waals surface area contributed by atoms with Gasteiger partial charge in [-0.05, 0) is 30.2 Å². The average molecular weight is 346 g/mol. The molecule has 3 rings (SSSR count). The Morgan fingerprint density at radius 3 is 3.00 bits per heavy atom. The molecule has 126 valence electrons. The van der Waals surface area contributed by atoms with E-state index in [0.29, 0.717) is 23.7 Å². The Balaban J connectivity index is 1.67. The van der Waals surface area contributed by atoms with Crippen molar-refractivity contribution in [1.82, 2.24) is 14.8 Å². The maximum Gasteiger partial charge on any atom is 0.343 e. The summed E-state index contributed by atoms with van der Waals surface area (Å²) in [6.45, 7) is 2.64. The number of aromatic amines is 1. The average Bonchev–Trinajstić information content (AvgIpc) is 3.11. The lowest BCUT2D eigenvalue weighted by atomic mass is 10.1. The molecule has 2 N–H and O–H groups in total. The van der Waals surface area contributed by atoms with E-state index >= 15 is 0 Å². The molecule has 2 heterocycles. The predicted octanol–water partition coefficient (Wildman–Crippen LogP) is 1.84. The number of nitrogens with one attached hydrogen (secondary N) is 2. The number of hydrogen-bond acceptors (Lipinski definition) is 5. The van der Waals surface area contributed by atoms with E-state index < -0.39 is 0 Å². The van der Waals surface area contributed by atoms with Crippen molar-refractivity contribution in [3.63, 3.8) is 0 Å². The number of fused-ring (bicyclic) bond motifs is 1. The lowest BCUT2D eigenvalue weighted by molar-refractivity contribution is -0.115. The number of anilines is 1. The Labute approximate surface area is 142 Å². The summed E-state index contributed by atoms with van der Waals surface area (Å²) in [6, 6.07) is 5.22. The third kappa shape index (κ3) is 3.43. The molecular weight excluding hydrogens is 328 g/mol. The minimum atomic E-state index is -0.250. The fourth-order valence-electron chi connectivity index (χ4n) is 2.54. The number of carbonyl (C=O) groups excluding carboxylic acids is 2. The van der Waals surface area contributed by atoms with Gasteiger partial charge in [0.25, 0.3) is 0 Å². The van der Waals surface area contributed by atoms with Gasteiger partial charge in [0.1, 0.15) is 0 Å². The molecule has 1 aliphatic rings. The van der Waals surface area contributed by atoms with Crippen LogP contribution < -0.4 is 11.0 Å². The van der Waals surface area contributed by atoms with Gasteiger partial charge in [-0.1, -0.05) is 25.1 Å². The van der Waals surface area contributed by atoms with Gasteiger partial charge in [-0.3, -0.25) is 14.2 Å². The number of benzene rings is 1. The van der Waals surface area contributed by atoms with Crippen molar-refractivity contribution < 1.29 is 9.59 Å². The molecule has 24 heavy (non-hydrogen) atoms. The fraction of sp³-hybridized carbons (Fsp3) is 0.375. The first kappa shape index (κ1) is 16.5. The highest BCUT2D eigenvalue weighted by atomic mass is 32.2. The second-order valence-electron chi connectivity index (χ2n) is 5.63. The molecule has 1 aromatic carbocycles. The first-order valence-corrected chi connectivity index (χ1v) is 8.81. The number of amides is 1. The monoisotopic (exact) mass is 346 g/mol. The molecular formula is C16H18N4O3S. The zero-order chi connectivity index (χ0) is 17.1. The summed E-state index contributed by atoms with van der Waals surface area (Å²) >= 11 is 1.24. The van der Waals surface area contributed by atoms with Gasteiger partial charge in [-0.25, -0.2) is 9.89 Å². The Morgan fingerprint density at radius 2 is 2.21 bits per heavy atom. The molecule has 0 aliphatic carbocycles. The van der Waals surface area contributed by atoms with E-state index in [4.69, 9.17) is 0 Å². The summed E-state index contributed by atoms with van der Waals surface area (Å²) in [5.74, 6) is 0.0800. The van der Waals surface area contributed by atoms with Crippen LogP contribution in [0.5, 0.6) is 0 Å². The van der Waals surface area contributed by atoms with E-state index in [-0.39, 0.29) is 23.1 Å². The molecule has 1 aliphatic heterocycles. The number of unbranched alkanes of at least 4 members (excludes halogenated alkanes) is 1. The van der Waals surface area contributed by atoms with E-state index in [1.807, 2.05) is 0 Å². The first-order valence-electron chi connectivity index (χ1n) is 7.82. The van der Waals surface area contributed by atoms with Crippen LogP contribution in [0.1, 0.15) is 35.7 Å². The van der Waals surface area contributed by atoms with Gasteiger partial charge in [0.15, 0.2) is 10.9 Å². The summed E-state index contributed by atoms with van der Waals surface area (Å²) in [6.07, 6.45) is 2.16. The molecule has 0 saturated heterocycles. The van der Waals surface area contributed by atoms with Crippen LogP contribution in [0.15, 0.2) is 28.2 Å². The van der Waals surface area contributed by atoms with Crippen LogP contribution in [0, 0.1) is 0 Å². The summed E-state index contributed by atoms with van der Waals surface area (Å²) in [4.78, 5) is 35.5. The van der Waals surface area contributed by atoms with Gasteiger partial charge in [0.05, 0.1) is 12.2 Å². The second-order valence-corrected chi connectivity index (χ2v) is 6.57. The molecule has 0 fully saturated rings. The van der Waals surface area contributed by atoms with Crippen molar-refractivity contribution in [2.75, 3.05) is 11.1 Å². The molecule has 2 aromatic rings. The summed E-state index contributed by atoms with van der Waals surface area (Å²) in [7, 11) is 0. The highest BCUT2D eigenvalue weighted by Crippen LogP contribution is 2.25. The first-order chi connectivity index (χ1) is 11.6. The molecule has 0 saturated carbocycles. The Hall–Kier alpha value is -2.35. The van der Waals surface area contributed by atoms with Gasteiger partial charge >= 0.3 is 5.69 Å². The number of rotatable bonds is 7. The van der Waals surface area contributed by atoms with Crippen molar-refractivity contribution >= 4 is 29.1 Å². The van der Waals surface area contributed by atoms with Crippen LogP contribution in [0.2, 0.25) is 0 Å². The second kappa shape index (κ2) is 7.04. The van der Waals surface area contributed by atoms with Gasteiger partial charge in [0.2, 0.25) is 5.91 Å². The van der Waals surface area contributed by atoms with Crippen LogP contribution in [0.25, 0.3) is 0 Å². The van der Waals surface area contributed by atoms with Crippen LogP contribution in [0.4, 0.5) is 5.69 Å². The highest BCUT2D eigenvalue weighted by Gasteiger charge is 2.19. The predicted molar refractivity (Wildman–Crippen MR) is 91.6 cm³/mol. The maximum atomic E-state index is 12.4. The van der Waals surface area contributed by atoms with Crippen LogP contribution in [-0.4, -0.2) is 32.2 Å². The van der Waals surface area contributed by atoms with Gasteiger partial charge < -0.3 is 5.32 Å². The zero-order valence-corrected chi connectivity index (χ0v) is 14.1. The van der Waals surface area contributed by atoms with Crippen LogP contribution in [0.3, 0.4) is 0 Å². The smallest absolute Gasteiger partial charge is 0.326 e. The quantitative estimate of drug-likeness (QED) is 0.589. The van der Waals surface area contributed by atoms with E-state index in [1.54, 1.807) is 22.8 Å². The minimum Gasteiger partial charge on any atom is -0.326 e. The third-order valence-electron chi connectivity index (χ3n) is 3.84. The maximum absolute atomic E-state index is 12.4. The number of aromatic nitrogens is 3. The van der Waals surface area contributed by atoms with Crippen molar-refractivity contribution in [3.8, 4) is 0 Å². The van der Waals surface area contributed by atoms with Crippen molar-refractivity contribution in [2.45, 2.75) is 37.9 Å². The lowest BCUT2D eigenvalue weighted by Gasteiger charge is -2.05. The van der Waals surface area contributed by atoms with Crippen LogP contribution >= 0.6 is 11.8 Å². The van der Waals surface area contributed by atoms with Gasteiger partial charge in [-0.15, -0.1) is 5.10 Å². The summed E-state index contributed by atoms with van der Waals surface area (Å²) in [5, 5.41) is 9.68. The molecule has 0 unspecified atom stereocenters. The summed E-state index contributed by atoms with van der Waals surface area (Å²) in [5.41, 5.74) is 1.93. The highest BCUT2D eigenvalue weighted by molar-refractivity contribution is 7.99. The minimum absolute atomic E-state index is 0.0552. The van der Waals surface area contributed by atoms with E-state index in [9.17, 15) is 14.4 Å². The molecule has 0 bridgehead atoms. The molecule has 7 nitrogen and oxygen atoms in total. The van der Waals surface area contributed by atoms with Crippen molar-refractivity contribution in [2.24, 2.45) is 0 Å². The molecule has 0 radical (unpaired) electrons. The Bertz CT molecular complexity index is 840. The van der Waals surface area contributed by atoms with Crippen molar-refractivity contribution in [3.05, 3.63) is 39.8 Å². The lowest BCUT2D eigenvalue weighted by Crippen LogP contribution is -2.18. The van der Waals surface area contributed by atoms with E-state index in [0.717, 1.165) is 24.1 Å². The zero-order valence-electron chi connectivity index (χ0n) is 13.3. The third-order valence-corrected chi connectivity index (χ3v) is 4.82.